The molecule has 0 fully saturated rings. The first kappa shape index (κ1) is 20.4. The lowest BCUT2D eigenvalue weighted by atomic mass is 9.99. The summed E-state index contributed by atoms with van der Waals surface area (Å²) in [6, 6.07) is 7.78. The smallest absolute Gasteiger partial charge is 0.203 e. The van der Waals surface area contributed by atoms with E-state index in [4.69, 9.17) is 14.2 Å². The molecule has 2 aromatic carbocycles. The third kappa shape index (κ3) is 4.56. The van der Waals surface area contributed by atoms with E-state index in [0.29, 0.717) is 34.8 Å². The van der Waals surface area contributed by atoms with Gasteiger partial charge in [0.2, 0.25) is 5.78 Å². The van der Waals surface area contributed by atoms with Gasteiger partial charge in [0.25, 0.3) is 0 Å². The van der Waals surface area contributed by atoms with Crippen molar-refractivity contribution in [2.45, 2.75) is 32.9 Å². The highest BCUT2D eigenvalue weighted by atomic mass is 16.5. The average Bonchev–Trinajstić information content (AvgIpc) is 2.67. The van der Waals surface area contributed by atoms with Crippen molar-refractivity contribution in [3.8, 4) is 23.0 Å². The number of rotatable bonds is 8. The number of phenolic OH excluding ortho intramolecular Hbond substituents is 1. The summed E-state index contributed by atoms with van der Waals surface area (Å²) in [7, 11) is 0. The highest BCUT2D eigenvalue weighted by Crippen LogP contribution is 2.39. The van der Waals surface area contributed by atoms with Crippen molar-refractivity contribution in [3.05, 3.63) is 58.0 Å². The van der Waals surface area contributed by atoms with Crippen molar-refractivity contribution < 1.29 is 24.1 Å². The maximum atomic E-state index is 12.7. The van der Waals surface area contributed by atoms with Gasteiger partial charge in [-0.1, -0.05) is 5.18 Å². The van der Waals surface area contributed by atoms with Crippen LogP contribution in [-0.2, 0) is 6.54 Å². The van der Waals surface area contributed by atoms with Crippen molar-refractivity contribution in [3.63, 3.8) is 0 Å². The van der Waals surface area contributed by atoms with Crippen LogP contribution in [0, 0.1) is 4.91 Å². The fourth-order valence-corrected chi connectivity index (χ4v) is 3.07. The molecule has 0 atom stereocenters. The van der Waals surface area contributed by atoms with Crippen LogP contribution in [0.25, 0.3) is 6.08 Å². The van der Waals surface area contributed by atoms with E-state index in [-0.39, 0.29) is 30.4 Å². The quantitative estimate of drug-likeness (QED) is 0.520. The Kier molecular flexibility index (Phi) is 5.87. The maximum absolute atomic E-state index is 12.7. The van der Waals surface area contributed by atoms with Crippen LogP contribution < -0.4 is 14.2 Å². The van der Waals surface area contributed by atoms with Crippen molar-refractivity contribution >= 4 is 11.9 Å². The fraction of sp³-hybridized carbons (Fsp3) is 0.318. The van der Waals surface area contributed by atoms with E-state index < -0.39 is 5.60 Å². The second-order valence-electron chi connectivity index (χ2n) is 7.12. The number of hydrogen-bond donors (Lipinski definition) is 1. The predicted molar refractivity (Wildman–Crippen MR) is 109 cm³/mol. The topological polar surface area (TPSA) is 94.4 Å². The standard InChI is InChI=1S/C22H23NO6/c1-4-27-20-11-15(24)6-7-16(20)18(25)13-28-21-14(12-23-26)5-8-19-17(21)9-10-22(2,3)29-19/h5-11,24H,4,12-13H2,1-3H3. The van der Waals surface area contributed by atoms with E-state index in [2.05, 4.69) is 5.18 Å². The van der Waals surface area contributed by atoms with Crippen LogP contribution in [0.1, 0.15) is 42.3 Å². The van der Waals surface area contributed by atoms with E-state index in [9.17, 15) is 14.8 Å². The Bertz CT molecular complexity index is 964. The number of carbonyl (C=O) groups excluding carboxylic acids is 1. The lowest BCUT2D eigenvalue weighted by molar-refractivity contribution is 0.0915. The Morgan fingerprint density at radius 1 is 1.21 bits per heavy atom. The van der Waals surface area contributed by atoms with Crippen LogP contribution in [0.2, 0.25) is 0 Å². The number of nitroso groups, excluding NO2 is 1. The number of fused-ring (bicyclic) bond motifs is 1. The van der Waals surface area contributed by atoms with Crippen molar-refractivity contribution in [1.82, 2.24) is 0 Å². The molecule has 1 heterocycles. The molecule has 152 valence electrons. The summed E-state index contributed by atoms with van der Waals surface area (Å²) in [6.45, 7) is 5.64. The van der Waals surface area contributed by atoms with Gasteiger partial charge in [-0.05, 0) is 57.2 Å². The second-order valence-corrected chi connectivity index (χ2v) is 7.12. The molecule has 0 amide bonds. The molecule has 0 aromatic heterocycles. The lowest BCUT2D eigenvalue weighted by Crippen LogP contribution is -2.27. The third-order valence-corrected chi connectivity index (χ3v) is 4.41. The fourth-order valence-electron chi connectivity index (χ4n) is 3.07. The number of hydrogen-bond acceptors (Lipinski definition) is 7. The van der Waals surface area contributed by atoms with E-state index in [1.54, 1.807) is 19.1 Å². The van der Waals surface area contributed by atoms with Crippen LogP contribution in [-0.4, -0.2) is 29.7 Å². The summed E-state index contributed by atoms with van der Waals surface area (Å²) in [5, 5.41) is 12.6. The Labute approximate surface area is 168 Å². The van der Waals surface area contributed by atoms with Crippen LogP contribution in [0.4, 0.5) is 0 Å². The number of carbonyl (C=O) groups is 1. The normalized spacial score (nSPS) is 13.9. The van der Waals surface area contributed by atoms with Crippen molar-refractivity contribution in [2.75, 3.05) is 13.2 Å². The molecule has 1 aliphatic rings. The number of phenols is 1. The number of ketones is 1. The minimum atomic E-state index is -0.469. The Morgan fingerprint density at radius 2 is 2.00 bits per heavy atom. The molecule has 3 rings (SSSR count). The minimum Gasteiger partial charge on any atom is -0.508 e. The summed E-state index contributed by atoms with van der Waals surface area (Å²) >= 11 is 0. The number of benzene rings is 2. The van der Waals surface area contributed by atoms with Crippen LogP contribution in [0.5, 0.6) is 23.0 Å². The second kappa shape index (κ2) is 8.34. The highest BCUT2D eigenvalue weighted by molar-refractivity contribution is 6.00. The number of ether oxygens (including phenoxy) is 3. The molecular weight excluding hydrogens is 374 g/mol. The van der Waals surface area contributed by atoms with Gasteiger partial charge in [-0.25, -0.2) is 0 Å². The Hall–Kier alpha value is -3.35. The first-order chi connectivity index (χ1) is 13.8. The predicted octanol–water partition coefficient (Wildman–Crippen LogP) is 4.50. The largest absolute Gasteiger partial charge is 0.508 e. The van der Waals surface area contributed by atoms with Gasteiger partial charge in [0.15, 0.2) is 6.61 Å². The molecule has 0 saturated carbocycles. The lowest BCUT2D eigenvalue weighted by Gasteiger charge is -2.29. The van der Waals surface area contributed by atoms with Gasteiger partial charge in [-0.15, -0.1) is 0 Å². The molecular formula is C22H23NO6. The van der Waals surface area contributed by atoms with Gasteiger partial charge in [0.1, 0.15) is 35.1 Å². The van der Waals surface area contributed by atoms with Gasteiger partial charge in [-0.2, -0.15) is 4.91 Å². The third-order valence-electron chi connectivity index (χ3n) is 4.41. The summed E-state index contributed by atoms with van der Waals surface area (Å²) in [5.41, 5.74) is 1.06. The van der Waals surface area contributed by atoms with Gasteiger partial charge < -0.3 is 19.3 Å². The number of aromatic hydroxyl groups is 1. The zero-order valence-electron chi connectivity index (χ0n) is 16.6. The zero-order valence-corrected chi connectivity index (χ0v) is 16.6. The molecule has 0 aliphatic carbocycles. The zero-order chi connectivity index (χ0) is 21.0. The van der Waals surface area contributed by atoms with E-state index in [0.717, 1.165) is 0 Å². The molecule has 7 nitrogen and oxygen atoms in total. The van der Waals surface area contributed by atoms with Crippen LogP contribution in [0.15, 0.2) is 41.6 Å². The Morgan fingerprint density at radius 3 is 2.72 bits per heavy atom. The molecule has 0 bridgehead atoms. The molecule has 1 N–H and O–H groups in total. The summed E-state index contributed by atoms with van der Waals surface area (Å²) < 4.78 is 17.2. The van der Waals surface area contributed by atoms with E-state index in [1.165, 1.54) is 18.2 Å². The average molecular weight is 397 g/mol. The van der Waals surface area contributed by atoms with Gasteiger partial charge in [-0.3, -0.25) is 4.79 Å². The highest BCUT2D eigenvalue weighted by Gasteiger charge is 2.26. The SMILES string of the molecule is CCOc1cc(O)ccc1C(=O)COc1c(CN=O)ccc2c1C=CC(C)(C)O2. The van der Waals surface area contributed by atoms with Crippen molar-refractivity contribution in [1.29, 1.82) is 0 Å². The molecule has 7 heteroatoms. The number of nitrogens with zero attached hydrogens (tertiary/aromatic N) is 1. The molecule has 0 radical (unpaired) electrons. The van der Waals surface area contributed by atoms with Crippen LogP contribution >= 0.6 is 0 Å². The summed E-state index contributed by atoms with van der Waals surface area (Å²) in [6.07, 6.45) is 3.74. The van der Waals surface area contributed by atoms with Gasteiger partial charge in [0, 0.05) is 11.6 Å². The molecule has 2 aromatic rings. The summed E-state index contributed by atoms with van der Waals surface area (Å²) in [4.78, 5) is 23.6. The van der Waals surface area contributed by atoms with Gasteiger partial charge >= 0.3 is 0 Å². The van der Waals surface area contributed by atoms with E-state index >= 15 is 0 Å². The minimum absolute atomic E-state index is 0.00675. The molecule has 0 saturated heterocycles. The maximum Gasteiger partial charge on any atom is 0.203 e. The van der Waals surface area contributed by atoms with Crippen molar-refractivity contribution in [2.24, 2.45) is 5.18 Å². The van der Waals surface area contributed by atoms with Crippen LogP contribution in [0.3, 0.4) is 0 Å². The molecule has 1 aliphatic heterocycles. The van der Waals surface area contributed by atoms with E-state index in [1.807, 2.05) is 26.0 Å². The Balaban J connectivity index is 1.89. The number of Topliss-reactive ketones (excluding diaryl/α,β-unsaturated/α-hetero) is 1. The first-order valence-electron chi connectivity index (χ1n) is 9.29. The first-order valence-corrected chi connectivity index (χ1v) is 9.29. The monoisotopic (exact) mass is 397 g/mol. The molecule has 0 spiro atoms. The molecule has 0 unspecified atom stereocenters. The molecule has 29 heavy (non-hydrogen) atoms. The van der Waals surface area contributed by atoms with Gasteiger partial charge in [0.05, 0.1) is 17.7 Å². The summed E-state index contributed by atoms with van der Waals surface area (Å²) in [5.74, 6) is 0.966.